The molecule has 1 atom stereocenters. The number of rotatable bonds is 3. The summed E-state index contributed by atoms with van der Waals surface area (Å²) in [6.07, 6.45) is -5.14. The van der Waals surface area contributed by atoms with Crippen LogP contribution in [-0.4, -0.2) is 33.7 Å². The second-order valence-corrected chi connectivity index (χ2v) is 4.54. The van der Waals surface area contributed by atoms with Crippen LogP contribution >= 0.6 is 15.9 Å². The highest BCUT2D eigenvalue weighted by molar-refractivity contribution is 9.10. The number of amides is 1. The molecule has 1 amide bonds. The lowest BCUT2D eigenvalue weighted by Crippen LogP contribution is -2.62. The summed E-state index contributed by atoms with van der Waals surface area (Å²) in [4.78, 5) is 26.0. The number of alkyl halides is 3. The summed E-state index contributed by atoms with van der Waals surface area (Å²) in [5, 5.41) is 10.1. The minimum absolute atomic E-state index is 0.240. The molecule has 0 saturated carbocycles. The first-order valence-corrected chi connectivity index (χ1v) is 5.62. The van der Waals surface area contributed by atoms with Gasteiger partial charge in [0.2, 0.25) is 5.54 Å². The standard InChI is InChI=1S/C10H8BrF3N2O3/c1-9(8(18)19,10(12,13)14)16-7(17)5-3-2-4-6(11)15-5/h2-4H,1H3,(H,16,17)(H,18,19). The molecule has 0 saturated heterocycles. The number of carboxylic acid groups (broad SMARTS) is 1. The lowest BCUT2D eigenvalue weighted by Gasteiger charge is -2.28. The number of aromatic nitrogens is 1. The van der Waals surface area contributed by atoms with Gasteiger partial charge in [-0.2, -0.15) is 13.2 Å². The molecule has 0 aliphatic heterocycles. The van der Waals surface area contributed by atoms with Crippen molar-refractivity contribution in [1.29, 1.82) is 0 Å². The van der Waals surface area contributed by atoms with E-state index in [4.69, 9.17) is 5.11 Å². The van der Waals surface area contributed by atoms with Crippen molar-refractivity contribution < 1.29 is 27.9 Å². The maximum absolute atomic E-state index is 12.7. The first-order valence-electron chi connectivity index (χ1n) is 4.83. The van der Waals surface area contributed by atoms with Crippen LogP contribution in [0.3, 0.4) is 0 Å². The SMILES string of the molecule is CC(NC(=O)c1cccc(Br)n1)(C(=O)O)C(F)(F)F. The second-order valence-electron chi connectivity index (χ2n) is 3.73. The normalized spacial score (nSPS) is 14.6. The average Bonchev–Trinajstić information content (AvgIpc) is 2.27. The molecule has 9 heteroatoms. The Balaban J connectivity index is 3.06. The number of carboxylic acids is 1. The molecule has 1 heterocycles. The molecule has 1 rings (SSSR count). The van der Waals surface area contributed by atoms with E-state index < -0.39 is 23.6 Å². The molecule has 0 radical (unpaired) electrons. The summed E-state index contributed by atoms with van der Waals surface area (Å²) in [5.41, 5.74) is -3.71. The molecule has 0 aromatic carbocycles. The molecule has 5 nitrogen and oxygen atoms in total. The highest BCUT2D eigenvalue weighted by Crippen LogP contribution is 2.30. The van der Waals surface area contributed by atoms with Crippen molar-refractivity contribution >= 4 is 27.8 Å². The zero-order valence-electron chi connectivity index (χ0n) is 9.45. The molecule has 1 aromatic rings. The van der Waals surface area contributed by atoms with Crippen LogP contribution in [-0.2, 0) is 4.79 Å². The highest BCUT2D eigenvalue weighted by atomic mass is 79.9. The summed E-state index contributed by atoms with van der Waals surface area (Å²) < 4.78 is 38.3. The van der Waals surface area contributed by atoms with E-state index in [1.165, 1.54) is 23.5 Å². The van der Waals surface area contributed by atoms with Crippen LogP contribution in [0.5, 0.6) is 0 Å². The van der Waals surface area contributed by atoms with Crippen LogP contribution in [0.25, 0.3) is 0 Å². The summed E-state index contributed by atoms with van der Waals surface area (Å²) >= 11 is 2.95. The Kier molecular flexibility index (Phi) is 4.18. The van der Waals surface area contributed by atoms with E-state index in [9.17, 15) is 22.8 Å². The summed E-state index contributed by atoms with van der Waals surface area (Å²) in [7, 11) is 0. The molecule has 19 heavy (non-hydrogen) atoms. The third-order valence-corrected chi connectivity index (χ3v) is 2.75. The highest BCUT2D eigenvalue weighted by Gasteiger charge is 2.58. The zero-order chi connectivity index (χ0) is 14.8. The predicted octanol–water partition coefficient (Wildman–Crippen LogP) is 1.98. The lowest BCUT2D eigenvalue weighted by molar-refractivity contribution is -0.203. The number of hydrogen-bond acceptors (Lipinski definition) is 3. The fraction of sp³-hybridized carbons (Fsp3) is 0.300. The topological polar surface area (TPSA) is 79.3 Å². The molecule has 2 N–H and O–H groups in total. The largest absolute Gasteiger partial charge is 0.479 e. The van der Waals surface area contributed by atoms with Gasteiger partial charge in [-0.3, -0.25) is 4.79 Å². The van der Waals surface area contributed by atoms with Crippen LogP contribution in [0.4, 0.5) is 13.2 Å². The van der Waals surface area contributed by atoms with Crippen molar-refractivity contribution in [1.82, 2.24) is 10.3 Å². The number of halogens is 4. The monoisotopic (exact) mass is 340 g/mol. The number of nitrogens with zero attached hydrogens (tertiary/aromatic N) is 1. The van der Waals surface area contributed by atoms with Gasteiger partial charge in [0.25, 0.3) is 5.91 Å². The van der Waals surface area contributed by atoms with Crippen molar-refractivity contribution in [2.24, 2.45) is 0 Å². The Morgan fingerprint density at radius 1 is 1.37 bits per heavy atom. The van der Waals surface area contributed by atoms with Crippen LogP contribution in [0.1, 0.15) is 17.4 Å². The second kappa shape index (κ2) is 5.16. The van der Waals surface area contributed by atoms with Gasteiger partial charge in [-0.05, 0) is 35.0 Å². The van der Waals surface area contributed by atoms with E-state index in [0.717, 1.165) is 0 Å². The molecule has 0 aliphatic rings. The van der Waals surface area contributed by atoms with E-state index in [0.29, 0.717) is 6.92 Å². The van der Waals surface area contributed by atoms with E-state index >= 15 is 0 Å². The Bertz CT molecular complexity index is 521. The third kappa shape index (κ3) is 3.22. The van der Waals surface area contributed by atoms with Gasteiger partial charge < -0.3 is 10.4 Å². The number of carbonyl (C=O) groups is 2. The van der Waals surface area contributed by atoms with Gasteiger partial charge in [-0.15, -0.1) is 0 Å². The van der Waals surface area contributed by atoms with Crippen LogP contribution in [0.2, 0.25) is 0 Å². The molecule has 0 fully saturated rings. The van der Waals surface area contributed by atoms with Crippen molar-refractivity contribution in [3.05, 3.63) is 28.5 Å². The molecule has 0 aliphatic carbocycles. The van der Waals surface area contributed by atoms with Gasteiger partial charge in [0, 0.05) is 0 Å². The maximum atomic E-state index is 12.7. The van der Waals surface area contributed by atoms with Crippen molar-refractivity contribution in [2.45, 2.75) is 18.6 Å². The van der Waals surface area contributed by atoms with Gasteiger partial charge in [0.1, 0.15) is 10.3 Å². The molecule has 1 aromatic heterocycles. The van der Waals surface area contributed by atoms with Crippen molar-refractivity contribution in [3.8, 4) is 0 Å². The van der Waals surface area contributed by atoms with Gasteiger partial charge in [-0.25, -0.2) is 9.78 Å². The molecule has 1 unspecified atom stereocenters. The van der Waals surface area contributed by atoms with E-state index in [1.54, 1.807) is 0 Å². The summed E-state index contributed by atoms with van der Waals surface area (Å²) in [6.45, 7) is 0.366. The summed E-state index contributed by atoms with van der Waals surface area (Å²) in [6, 6.07) is 4.02. The summed E-state index contributed by atoms with van der Waals surface area (Å²) in [5.74, 6) is -3.44. The number of nitrogens with one attached hydrogen (secondary N) is 1. The minimum atomic E-state index is -5.14. The van der Waals surface area contributed by atoms with E-state index in [2.05, 4.69) is 20.9 Å². The maximum Gasteiger partial charge on any atom is 0.422 e. The van der Waals surface area contributed by atoms with Gasteiger partial charge in [-0.1, -0.05) is 6.07 Å². The van der Waals surface area contributed by atoms with Crippen LogP contribution in [0.15, 0.2) is 22.8 Å². The molecule has 0 bridgehead atoms. The first kappa shape index (κ1) is 15.4. The molecule has 104 valence electrons. The minimum Gasteiger partial charge on any atom is -0.479 e. The smallest absolute Gasteiger partial charge is 0.422 e. The first-order chi connectivity index (χ1) is 8.58. The Hall–Kier alpha value is -1.64. The van der Waals surface area contributed by atoms with Crippen molar-refractivity contribution in [3.63, 3.8) is 0 Å². The van der Waals surface area contributed by atoms with Gasteiger partial charge >= 0.3 is 12.1 Å². The fourth-order valence-electron chi connectivity index (χ4n) is 1.07. The predicted molar refractivity (Wildman–Crippen MR) is 61.5 cm³/mol. The zero-order valence-corrected chi connectivity index (χ0v) is 11.0. The number of pyridine rings is 1. The third-order valence-electron chi connectivity index (χ3n) is 2.31. The molecular formula is C10H8BrF3N2O3. The quantitative estimate of drug-likeness (QED) is 0.824. The lowest BCUT2D eigenvalue weighted by atomic mass is 10.0. The van der Waals surface area contributed by atoms with Gasteiger partial charge in [0.15, 0.2) is 0 Å². The average molecular weight is 341 g/mol. The van der Waals surface area contributed by atoms with Crippen LogP contribution < -0.4 is 5.32 Å². The Morgan fingerprint density at radius 2 is 1.95 bits per heavy atom. The van der Waals surface area contributed by atoms with Crippen LogP contribution in [0, 0.1) is 0 Å². The number of carbonyl (C=O) groups excluding carboxylic acids is 1. The molecule has 0 spiro atoms. The molecular weight excluding hydrogens is 333 g/mol. The Morgan fingerprint density at radius 3 is 2.37 bits per heavy atom. The fourth-order valence-corrected chi connectivity index (χ4v) is 1.42. The number of hydrogen-bond donors (Lipinski definition) is 2. The Labute approximate surface area is 114 Å². The van der Waals surface area contributed by atoms with E-state index in [1.807, 2.05) is 0 Å². The van der Waals surface area contributed by atoms with E-state index in [-0.39, 0.29) is 10.3 Å². The number of aliphatic carboxylic acids is 1. The van der Waals surface area contributed by atoms with Crippen molar-refractivity contribution in [2.75, 3.05) is 0 Å². The van der Waals surface area contributed by atoms with Gasteiger partial charge in [0.05, 0.1) is 0 Å².